The highest BCUT2D eigenvalue weighted by Crippen LogP contribution is 2.00. The standard InChI is InChI=1S/C5H12N2O2/c1-5(6,4(8)9)7(2)3/h6H2,1-3H3,(H,8,9)/t5-/m0/s1. The van der Waals surface area contributed by atoms with Crippen molar-refractivity contribution in [3.8, 4) is 0 Å². The number of hydrogen-bond donors (Lipinski definition) is 2. The number of nitrogens with zero attached hydrogens (tertiary/aromatic N) is 1. The van der Waals surface area contributed by atoms with Gasteiger partial charge in [0.25, 0.3) is 0 Å². The van der Waals surface area contributed by atoms with Crippen LogP contribution in [0, 0.1) is 0 Å². The van der Waals surface area contributed by atoms with Crippen LogP contribution in [0.4, 0.5) is 0 Å². The van der Waals surface area contributed by atoms with Gasteiger partial charge in [-0.15, -0.1) is 0 Å². The summed E-state index contributed by atoms with van der Waals surface area (Å²) in [6, 6.07) is 0. The zero-order valence-corrected chi connectivity index (χ0v) is 5.88. The van der Waals surface area contributed by atoms with Crippen molar-refractivity contribution in [2.24, 2.45) is 5.73 Å². The van der Waals surface area contributed by atoms with Gasteiger partial charge in [-0.1, -0.05) is 0 Å². The van der Waals surface area contributed by atoms with Gasteiger partial charge < -0.3 is 10.8 Å². The molecule has 0 amide bonds. The molecule has 0 aromatic carbocycles. The van der Waals surface area contributed by atoms with Crippen LogP contribution < -0.4 is 5.73 Å². The van der Waals surface area contributed by atoms with E-state index in [9.17, 15) is 4.79 Å². The minimum atomic E-state index is -1.25. The second-order valence-corrected chi connectivity index (χ2v) is 2.35. The second-order valence-electron chi connectivity index (χ2n) is 2.35. The molecule has 4 nitrogen and oxygen atoms in total. The van der Waals surface area contributed by atoms with E-state index in [-0.39, 0.29) is 0 Å². The molecule has 0 bridgehead atoms. The SMILES string of the molecule is CN(C)[C@](C)(N)C(=O)O. The molecule has 0 radical (unpaired) electrons. The molecule has 0 spiro atoms. The number of likely N-dealkylation sites (N-methyl/N-ethyl adjacent to an activating group) is 1. The maximum absolute atomic E-state index is 10.3. The lowest BCUT2D eigenvalue weighted by molar-refractivity contribution is -0.148. The number of rotatable bonds is 2. The molecule has 0 rings (SSSR count). The van der Waals surface area contributed by atoms with Gasteiger partial charge in [0.1, 0.15) is 0 Å². The first-order valence-corrected chi connectivity index (χ1v) is 2.58. The summed E-state index contributed by atoms with van der Waals surface area (Å²) in [6.45, 7) is 1.44. The topological polar surface area (TPSA) is 66.6 Å². The fourth-order valence-electron chi connectivity index (χ4n) is 0.191. The molecule has 0 unspecified atom stereocenters. The predicted molar refractivity (Wildman–Crippen MR) is 33.9 cm³/mol. The van der Waals surface area contributed by atoms with E-state index in [1.807, 2.05) is 0 Å². The Morgan fingerprint density at radius 1 is 1.67 bits per heavy atom. The van der Waals surface area contributed by atoms with Gasteiger partial charge in [0.15, 0.2) is 5.66 Å². The van der Waals surface area contributed by atoms with Gasteiger partial charge in [-0.05, 0) is 21.0 Å². The fourth-order valence-corrected chi connectivity index (χ4v) is 0.191. The van der Waals surface area contributed by atoms with Crippen LogP contribution in [0.25, 0.3) is 0 Å². The molecule has 0 heterocycles. The average molecular weight is 132 g/mol. The summed E-state index contributed by atoms with van der Waals surface area (Å²) < 4.78 is 0. The van der Waals surface area contributed by atoms with Crippen molar-refractivity contribution in [1.82, 2.24) is 4.90 Å². The normalized spacial score (nSPS) is 17.4. The number of aliphatic carboxylic acids is 1. The fraction of sp³-hybridized carbons (Fsp3) is 0.800. The smallest absolute Gasteiger partial charge is 0.338 e. The van der Waals surface area contributed by atoms with Crippen LogP contribution >= 0.6 is 0 Å². The molecule has 0 aliphatic heterocycles. The summed E-state index contributed by atoms with van der Waals surface area (Å²) in [7, 11) is 3.24. The second kappa shape index (κ2) is 2.33. The van der Waals surface area contributed by atoms with E-state index in [0.29, 0.717) is 0 Å². The summed E-state index contributed by atoms with van der Waals surface area (Å²) in [5.74, 6) is -1.02. The Morgan fingerprint density at radius 2 is 2.00 bits per heavy atom. The molecule has 3 N–H and O–H groups in total. The molecule has 4 heteroatoms. The third-order valence-electron chi connectivity index (χ3n) is 1.36. The third kappa shape index (κ3) is 1.65. The number of hydrogen-bond acceptors (Lipinski definition) is 3. The van der Waals surface area contributed by atoms with Crippen molar-refractivity contribution in [3.05, 3.63) is 0 Å². The van der Waals surface area contributed by atoms with Crippen LogP contribution in [0.3, 0.4) is 0 Å². The minimum Gasteiger partial charge on any atom is -0.479 e. The molecule has 54 valence electrons. The molecule has 0 fully saturated rings. The van der Waals surface area contributed by atoms with E-state index in [0.717, 1.165) is 0 Å². The minimum absolute atomic E-state index is 1.02. The van der Waals surface area contributed by atoms with Gasteiger partial charge in [0.05, 0.1) is 0 Å². The van der Waals surface area contributed by atoms with Crippen molar-refractivity contribution >= 4 is 5.97 Å². The van der Waals surface area contributed by atoms with Crippen LogP contribution in [0.15, 0.2) is 0 Å². The lowest BCUT2D eigenvalue weighted by Gasteiger charge is -2.26. The molecular weight excluding hydrogens is 120 g/mol. The van der Waals surface area contributed by atoms with Crippen LogP contribution in [0.5, 0.6) is 0 Å². The maximum atomic E-state index is 10.3. The lowest BCUT2D eigenvalue weighted by atomic mass is 10.2. The number of carbonyl (C=O) groups is 1. The largest absolute Gasteiger partial charge is 0.479 e. The van der Waals surface area contributed by atoms with Gasteiger partial charge in [-0.2, -0.15) is 0 Å². The molecule has 0 aromatic rings. The number of nitrogens with two attached hydrogens (primary N) is 1. The Labute approximate surface area is 54.3 Å². The first kappa shape index (κ1) is 8.39. The highest BCUT2D eigenvalue weighted by Gasteiger charge is 2.29. The number of carboxylic acid groups (broad SMARTS) is 1. The summed E-state index contributed by atoms with van der Waals surface area (Å²) in [5.41, 5.74) is 4.08. The van der Waals surface area contributed by atoms with Gasteiger partial charge in [0.2, 0.25) is 0 Å². The summed E-state index contributed by atoms with van der Waals surface area (Å²) >= 11 is 0. The average Bonchev–Trinajstić information content (AvgIpc) is 1.65. The summed E-state index contributed by atoms with van der Waals surface area (Å²) in [4.78, 5) is 11.7. The van der Waals surface area contributed by atoms with E-state index in [4.69, 9.17) is 10.8 Å². The first-order chi connectivity index (χ1) is 3.89. The zero-order valence-electron chi connectivity index (χ0n) is 5.88. The molecule has 0 saturated carbocycles. The van der Waals surface area contributed by atoms with E-state index < -0.39 is 11.6 Å². The van der Waals surface area contributed by atoms with E-state index in [1.165, 1.54) is 11.8 Å². The lowest BCUT2D eigenvalue weighted by Crippen LogP contribution is -2.56. The van der Waals surface area contributed by atoms with Crippen molar-refractivity contribution in [3.63, 3.8) is 0 Å². The third-order valence-corrected chi connectivity index (χ3v) is 1.36. The number of carboxylic acids is 1. The van der Waals surface area contributed by atoms with Crippen LogP contribution in [0.2, 0.25) is 0 Å². The van der Waals surface area contributed by atoms with Gasteiger partial charge in [-0.25, -0.2) is 4.79 Å². The molecule has 9 heavy (non-hydrogen) atoms. The van der Waals surface area contributed by atoms with Gasteiger partial charge in [-0.3, -0.25) is 4.90 Å². The van der Waals surface area contributed by atoms with Gasteiger partial charge in [0, 0.05) is 0 Å². The molecule has 0 aliphatic carbocycles. The monoisotopic (exact) mass is 132 g/mol. The van der Waals surface area contributed by atoms with Crippen LogP contribution in [-0.2, 0) is 4.79 Å². The Morgan fingerprint density at radius 3 is 2.00 bits per heavy atom. The Hall–Kier alpha value is -0.610. The van der Waals surface area contributed by atoms with Crippen LogP contribution in [0.1, 0.15) is 6.92 Å². The predicted octanol–water partition coefficient (Wildman–Crippen LogP) is -0.692. The summed E-state index contributed by atoms with van der Waals surface area (Å²) in [5, 5.41) is 8.44. The summed E-state index contributed by atoms with van der Waals surface area (Å²) in [6.07, 6.45) is 0. The molecule has 0 aromatic heterocycles. The van der Waals surface area contributed by atoms with Crippen LogP contribution in [-0.4, -0.2) is 35.7 Å². The highest BCUT2D eigenvalue weighted by molar-refractivity contribution is 5.77. The van der Waals surface area contributed by atoms with E-state index in [1.54, 1.807) is 14.1 Å². The Kier molecular flexibility index (Phi) is 2.17. The molecular formula is C5H12N2O2. The van der Waals surface area contributed by atoms with Crippen molar-refractivity contribution in [2.45, 2.75) is 12.6 Å². The molecule has 1 atom stereocenters. The molecule has 0 saturated heterocycles. The quantitative estimate of drug-likeness (QED) is 0.488. The zero-order chi connectivity index (χ0) is 7.65. The Bertz CT molecular complexity index is 120. The van der Waals surface area contributed by atoms with E-state index >= 15 is 0 Å². The van der Waals surface area contributed by atoms with Crippen molar-refractivity contribution in [1.29, 1.82) is 0 Å². The first-order valence-electron chi connectivity index (χ1n) is 2.58. The Balaban J connectivity index is 4.19. The van der Waals surface area contributed by atoms with E-state index in [2.05, 4.69) is 0 Å². The molecule has 0 aliphatic rings. The van der Waals surface area contributed by atoms with Crippen molar-refractivity contribution in [2.75, 3.05) is 14.1 Å². The van der Waals surface area contributed by atoms with Gasteiger partial charge >= 0.3 is 5.97 Å². The van der Waals surface area contributed by atoms with Crippen molar-refractivity contribution < 1.29 is 9.90 Å². The highest BCUT2D eigenvalue weighted by atomic mass is 16.4. The maximum Gasteiger partial charge on any atom is 0.338 e.